The van der Waals surface area contributed by atoms with Crippen LogP contribution < -0.4 is 51.4 Å². The van der Waals surface area contributed by atoms with Gasteiger partial charge in [-0.05, 0) is 11.1 Å². The van der Waals surface area contributed by atoms with Crippen molar-refractivity contribution < 1.29 is 52.8 Å². The minimum atomic E-state index is 0. The fraction of sp³-hybridized carbons (Fsp3) is 0. The minimum absolute atomic E-state index is 0. The molecule has 0 aromatic heterocycles. The van der Waals surface area contributed by atoms with Crippen molar-refractivity contribution in [1.82, 2.24) is 0 Å². The van der Waals surface area contributed by atoms with E-state index in [-0.39, 0.29) is 52.8 Å². The van der Waals surface area contributed by atoms with Gasteiger partial charge in [0.2, 0.25) is 0 Å². The standard InChI is InChI=1S/C14H12.K.H/c1-3-7-13(8-4-1)11-12-14-9-5-2-6-10-14;;/h1-12H;;/q;+1;-1/b12-11+;;. The monoisotopic (exact) mass is 220 g/mol. The summed E-state index contributed by atoms with van der Waals surface area (Å²) in [6.07, 6.45) is 4.24. The van der Waals surface area contributed by atoms with Gasteiger partial charge in [-0.25, -0.2) is 0 Å². The van der Waals surface area contributed by atoms with E-state index in [0.717, 1.165) is 0 Å². The summed E-state index contributed by atoms with van der Waals surface area (Å²) in [4.78, 5) is 0. The zero-order valence-electron chi connectivity index (χ0n) is 9.93. The fourth-order valence-corrected chi connectivity index (χ4v) is 1.32. The van der Waals surface area contributed by atoms with Crippen LogP contribution in [0, 0.1) is 0 Å². The SMILES string of the molecule is C(=C\c1ccccc1)/c1ccccc1.[H-].[K+]. The van der Waals surface area contributed by atoms with Gasteiger partial charge in [0.25, 0.3) is 0 Å². The molecule has 1 heteroatoms. The number of hydrogen-bond donors (Lipinski definition) is 0. The molecule has 0 aliphatic rings. The predicted molar refractivity (Wildman–Crippen MR) is 62.9 cm³/mol. The van der Waals surface area contributed by atoms with Gasteiger partial charge in [0.1, 0.15) is 0 Å². The summed E-state index contributed by atoms with van der Waals surface area (Å²) in [5, 5.41) is 0. The predicted octanol–water partition coefficient (Wildman–Crippen LogP) is 0.974. The molecule has 0 aliphatic carbocycles. The summed E-state index contributed by atoms with van der Waals surface area (Å²) in [7, 11) is 0. The maximum Gasteiger partial charge on any atom is 1.00 e. The van der Waals surface area contributed by atoms with Gasteiger partial charge in [0, 0.05) is 0 Å². The molecule has 0 saturated heterocycles. The van der Waals surface area contributed by atoms with E-state index in [1.165, 1.54) is 11.1 Å². The third-order valence-corrected chi connectivity index (χ3v) is 2.07. The van der Waals surface area contributed by atoms with Crippen molar-refractivity contribution in [2.24, 2.45) is 0 Å². The van der Waals surface area contributed by atoms with Gasteiger partial charge in [0.15, 0.2) is 0 Å². The molecule has 15 heavy (non-hydrogen) atoms. The number of rotatable bonds is 2. The van der Waals surface area contributed by atoms with E-state index in [1.54, 1.807) is 0 Å². The van der Waals surface area contributed by atoms with Crippen LogP contribution in [0.1, 0.15) is 12.6 Å². The van der Waals surface area contributed by atoms with Crippen molar-refractivity contribution in [2.45, 2.75) is 0 Å². The fourth-order valence-electron chi connectivity index (χ4n) is 1.32. The summed E-state index contributed by atoms with van der Waals surface area (Å²) in [6, 6.07) is 20.6. The molecule has 2 rings (SSSR count). The molecule has 0 aliphatic heterocycles. The summed E-state index contributed by atoms with van der Waals surface area (Å²) in [5.41, 5.74) is 2.47. The Morgan fingerprint density at radius 1 is 0.600 bits per heavy atom. The molecule has 0 bridgehead atoms. The molecule has 0 nitrogen and oxygen atoms in total. The first kappa shape index (κ1) is 12.9. The largest absolute Gasteiger partial charge is 1.00 e. The Labute approximate surface area is 135 Å². The summed E-state index contributed by atoms with van der Waals surface area (Å²) >= 11 is 0. The molecule has 0 atom stereocenters. The van der Waals surface area contributed by atoms with Crippen molar-refractivity contribution in [3.05, 3.63) is 71.8 Å². The van der Waals surface area contributed by atoms with E-state index < -0.39 is 0 Å². The molecule has 0 N–H and O–H groups in total. The Hall–Kier alpha value is -0.184. The summed E-state index contributed by atoms with van der Waals surface area (Å²) < 4.78 is 0. The van der Waals surface area contributed by atoms with Crippen LogP contribution in [0.5, 0.6) is 0 Å². The quantitative estimate of drug-likeness (QED) is 0.523. The van der Waals surface area contributed by atoms with Crippen LogP contribution >= 0.6 is 0 Å². The second kappa shape index (κ2) is 7.15. The molecule has 0 spiro atoms. The van der Waals surface area contributed by atoms with Gasteiger partial charge in [-0.2, -0.15) is 0 Å². The van der Waals surface area contributed by atoms with Gasteiger partial charge < -0.3 is 1.43 Å². The molecule has 0 unspecified atom stereocenters. The molecule has 0 saturated carbocycles. The van der Waals surface area contributed by atoms with Crippen molar-refractivity contribution in [1.29, 1.82) is 0 Å². The van der Waals surface area contributed by atoms with Crippen LogP contribution in [0.4, 0.5) is 0 Å². The van der Waals surface area contributed by atoms with Crippen LogP contribution in [-0.2, 0) is 0 Å². The van der Waals surface area contributed by atoms with Gasteiger partial charge >= 0.3 is 51.4 Å². The van der Waals surface area contributed by atoms with Crippen LogP contribution in [0.25, 0.3) is 12.2 Å². The third kappa shape index (κ3) is 4.45. The van der Waals surface area contributed by atoms with Crippen LogP contribution in [0.3, 0.4) is 0 Å². The van der Waals surface area contributed by atoms with Gasteiger partial charge in [-0.3, -0.25) is 0 Å². The zero-order valence-corrected chi connectivity index (χ0v) is 12.1. The Kier molecular flexibility index (Phi) is 6.14. The van der Waals surface area contributed by atoms with Gasteiger partial charge in [0.05, 0.1) is 0 Å². The molecule has 0 radical (unpaired) electrons. The Bertz CT molecular complexity index is 368. The van der Waals surface area contributed by atoms with Crippen LogP contribution in [0.2, 0.25) is 0 Å². The first-order valence-corrected chi connectivity index (χ1v) is 4.73. The Balaban J connectivity index is 0.00000112. The molecule has 0 fully saturated rings. The van der Waals surface area contributed by atoms with Gasteiger partial charge in [-0.15, -0.1) is 0 Å². The van der Waals surface area contributed by atoms with E-state index in [9.17, 15) is 0 Å². The van der Waals surface area contributed by atoms with Crippen molar-refractivity contribution >= 4 is 12.2 Å². The topological polar surface area (TPSA) is 0 Å². The molecule has 70 valence electrons. The average molecular weight is 220 g/mol. The van der Waals surface area contributed by atoms with E-state index >= 15 is 0 Å². The molecule has 2 aromatic rings. The maximum absolute atomic E-state index is 2.12. The first-order chi connectivity index (χ1) is 6.95. The molecule has 2 aromatic carbocycles. The first-order valence-electron chi connectivity index (χ1n) is 4.73. The Morgan fingerprint density at radius 2 is 0.933 bits per heavy atom. The van der Waals surface area contributed by atoms with Crippen molar-refractivity contribution in [3.8, 4) is 0 Å². The molecule has 0 heterocycles. The third-order valence-electron chi connectivity index (χ3n) is 2.07. The molecule has 0 amide bonds. The van der Waals surface area contributed by atoms with E-state index in [0.29, 0.717) is 0 Å². The minimum Gasteiger partial charge on any atom is -1.00 e. The number of hydrogen-bond acceptors (Lipinski definition) is 0. The van der Waals surface area contributed by atoms with Gasteiger partial charge in [-0.1, -0.05) is 72.8 Å². The maximum atomic E-state index is 2.12. The van der Waals surface area contributed by atoms with E-state index in [2.05, 4.69) is 36.4 Å². The average Bonchev–Trinajstić information content (AvgIpc) is 2.29. The number of benzene rings is 2. The second-order valence-electron chi connectivity index (χ2n) is 3.15. The Morgan fingerprint density at radius 3 is 1.27 bits per heavy atom. The van der Waals surface area contributed by atoms with Crippen molar-refractivity contribution in [3.63, 3.8) is 0 Å². The van der Waals surface area contributed by atoms with Crippen LogP contribution in [-0.4, -0.2) is 0 Å². The summed E-state index contributed by atoms with van der Waals surface area (Å²) in [5.74, 6) is 0. The van der Waals surface area contributed by atoms with Crippen molar-refractivity contribution in [2.75, 3.05) is 0 Å². The zero-order chi connectivity index (χ0) is 9.64. The van der Waals surface area contributed by atoms with E-state index in [4.69, 9.17) is 0 Å². The van der Waals surface area contributed by atoms with Crippen LogP contribution in [0.15, 0.2) is 60.7 Å². The normalized spacial score (nSPS) is 9.87. The summed E-state index contributed by atoms with van der Waals surface area (Å²) in [6.45, 7) is 0. The van der Waals surface area contributed by atoms with E-state index in [1.807, 2.05) is 36.4 Å². The molecular weight excluding hydrogens is 207 g/mol. The molecular formula is C14H13K. The second-order valence-corrected chi connectivity index (χ2v) is 3.15. The smallest absolute Gasteiger partial charge is 1.00 e.